The lowest BCUT2D eigenvalue weighted by Crippen LogP contribution is -2.40. The van der Waals surface area contributed by atoms with Crippen LogP contribution in [0.5, 0.6) is 0 Å². The van der Waals surface area contributed by atoms with Crippen molar-refractivity contribution in [2.24, 2.45) is 0 Å². The highest BCUT2D eigenvalue weighted by molar-refractivity contribution is 7.33. The lowest BCUT2D eigenvalue weighted by Gasteiger charge is -2.32. The van der Waals surface area contributed by atoms with Gasteiger partial charge in [-0.3, -0.25) is 23.2 Å². The van der Waals surface area contributed by atoms with Crippen LogP contribution in [-0.2, 0) is 23.2 Å². The number of rotatable bonds is 10. The second-order valence-corrected chi connectivity index (χ2v) is 5.88. The molecule has 0 atom stereocenters. The van der Waals surface area contributed by atoms with E-state index in [1.165, 1.54) is 13.8 Å². The molecule has 6 heteroatoms. The molecule has 0 fully saturated rings. The van der Waals surface area contributed by atoms with E-state index >= 15 is 0 Å². The van der Waals surface area contributed by atoms with Gasteiger partial charge in [-0.2, -0.15) is 0 Å². The van der Waals surface area contributed by atoms with Gasteiger partial charge in [-0.05, 0) is 39.5 Å². The van der Waals surface area contributed by atoms with Gasteiger partial charge in [0, 0.05) is 0 Å². The molecule has 0 aromatic heterocycles. The Morgan fingerprint density at radius 3 is 1.20 bits per heavy atom. The molecule has 0 saturated carbocycles. The monoisotopic (exact) mass is 306 g/mol. The van der Waals surface area contributed by atoms with Crippen molar-refractivity contribution in [1.29, 1.82) is 0 Å². The van der Waals surface area contributed by atoms with E-state index in [-0.39, 0.29) is 11.6 Å². The fraction of sp³-hybridized carbons (Fsp3) is 0.857. The fourth-order valence-electron chi connectivity index (χ4n) is 2.27. The van der Waals surface area contributed by atoms with Crippen LogP contribution in [0, 0.1) is 0 Å². The second kappa shape index (κ2) is 8.06. The summed E-state index contributed by atoms with van der Waals surface area (Å²) in [6.45, 7) is 10.0. The molecule has 0 heterocycles. The second-order valence-electron chi connectivity index (χ2n) is 4.97. The quantitative estimate of drug-likeness (QED) is 0.575. The summed E-state index contributed by atoms with van der Waals surface area (Å²) < 4.78 is 23.0. The first-order valence-corrected chi connectivity index (χ1v) is 8.40. The summed E-state index contributed by atoms with van der Waals surface area (Å²) in [6.07, 6.45) is 1.68. The minimum atomic E-state index is -2.93. The molecule has 0 spiro atoms. The summed E-state index contributed by atoms with van der Waals surface area (Å²) in [5.74, 6) is -0.350. The Morgan fingerprint density at radius 1 is 0.800 bits per heavy atom. The zero-order valence-electron chi connectivity index (χ0n) is 13.4. The van der Waals surface area contributed by atoms with Crippen molar-refractivity contribution >= 4 is 19.8 Å². The molecule has 0 aromatic rings. The number of Topliss-reactive ketones (excluding diaryl/α,β-unsaturated/α-hetero) is 2. The molecule has 0 aliphatic rings. The summed E-state index contributed by atoms with van der Waals surface area (Å²) in [4.78, 5) is 23.5. The van der Waals surface area contributed by atoms with E-state index < -0.39 is 19.5 Å². The normalized spacial score (nSPS) is 12.8. The van der Waals surface area contributed by atoms with Crippen LogP contribution < -0.4 is 0 Å². The molecule has 0 N–H and O–H groups in total. The van der Waals surface area contributed by atoms with Crippen LogP contribution in [0.4, 0.5) is 0 Å². The fourth-order valence-corrected chi connectivity index (χ4v) is 3.81. The minimum Gasteiger partial charge on any atom is -0.297 e. The van der Waals surface area contributed by atoms with Gasteiger partial charge in [-0.15, -0.1) is 0 Å². The third kappa shape index (κ3) is 4.24. The van der Waals surface area contributed by atoms with E-state index in [4.69, 9.17) is 9.05 Å². The molecular formula is C14H27O5P. The molecule has 0 amide bonds. The largest absolute Gasteiger partial charge is 0.321 e. The van der Waals surface area contributed by atoms with Crippen molar-refractivity contribution in [3.05, 3.63) is 0 Å². The standard InChI is InChI=1S/C14H27O5P/c1-7-13(8-2,11(5)15)18-20(17)19-14(9-3,10-4)12(6)16/h20H,7-10H2,1-6H3. The number of hydrogen-bond acceptors (Lipinski definition) is 5. The maximum absolute atomic E-state index is 12.2. The van der Waals surface area contributed by atoms with E-state index in [0.29, 0.717) is 25.7 Å². The summed E-state index contributed by atoms with van der Waals surface area (Å²) >= 11 is 0. The number of ketones is 2. The molecule has 0 aliphatic heterocycles. The topological polar surface area (TPSA) is 69.7 Å². The van der Waals surface area contributed by atoms with Gasteiger partial charge in [0.2, 0.25) is 0 Å². The van der Waals surface area contributed by atoms with Gasteiger partial charge in [0.05, 0.1) is 0 Å². The molecular weight excluding hydrogens is 279 g/mol. The Bertz CT molecular complexity index is 336. The van der Waals surface area contributed by atoms with Crippen LogP contribution in [0.1, 0.15) is 67.2 Å². The Kier molecular flexibility index (Phi) is 7.85. The van der Waals surface area contributed by atoms with E-state index in [1.54, 1.807) is 27.7 Å². The first kappa shape index (κ1) is 19.5. The van der Waals surface area contributed by atoms with E-state index in [9.17, 15) is 14.2 Å². The van der Waals surface area contributed by atoms with Crippen molar-refractivity contribution in [1.82, 2.24) is 0 Å². The maximum Gasteiger partial charge on any atom is 0.321 e. The highest BCUT2D eigenvalue weighted by atomic mass is 31.1. The van der Waals surface area contributed by atoms with Crippen molar-refractivity contribution in [2.45, 2.75) is 78.4 Å². The molecule has 0 aliphatic carbocycles. The van der Waals surface area contributed by atoms with Gasteiger partial charge in [-0.25, -0.2) is 0 Å². The van der Waals surface area contributed by atoms with Crippen molar-refractivity contribution in [2.75, 3.05) is 0 Å². The van der Waals surface area contributed by atoms with Crippen LogP contribution in [-0.4, -0.2) is 22.8 Å². The van der Waals surface area contributed by atoms with Crippen LogP contribution in [0.15, 0.2) is 0 Å². The molecule has 0 radical (unpaired) electrons. The molecule has 20 heavy (non-hydrogen) atoms. The van der Waals surface area contributed by atoms with Crippen molar-refractivity contribution < 1.29 is 23.2 Å². The third-order valence-electron chi connectivity index (χ3n) is 4.13. The molecule has 0 saturated heterocycles. The highest BCUT2D eigenvalue weighted by Crippen LogP contribution is 2.41. The van der Waals surface area contributed by atoms with Gasteiger partial charge in [0.1, 0.15) is 11.2 Å². The zero-order chi connectivity index (χ0) is 16.0. The van der Waals surface area contributed by atoms with Gasteiger partial charge >= 0.3 is 8.25 Å². The minimum absolute atomic E-state index is 0.175. The predicted molar refractivity (Wildman–Crippen MR) is 79.2 cm³/mol. The van der Waals surface area contributed by atoms with Crippen molar-refractivity contribution in [3.63, 3.8) is 0 Å². The van der Waals surface area contributed by atoms with Crippen LogP contribution in [0.3, 0.4) is 0 Å². The van der Waals surface area contributed by atoms with Crippen molar-refractivity contribution in [3.8, 4) is 0 Å². The van der Waals surface area contributed by atoms with Gasteiger partial charge in [-0.1, -0.05) is 27.7 Å². The maximum atomic E-state index is 12.2. The van der Waals surface area contributed by atoms with Crippen LogP contribution in [0.2, 0.25) is 0 Å². The molecule has 0 aromatic carbocycles. The van der Waals surface area contributed by atoms with E-state index in [0.717, 1.165) is 0 Å². The van der Waals surface area contributed by atoms with Crippen LogP contribution >= 0.6 is 8.25 Å². The Balaban J connectivity index is 5.10. The predicted octanol–water partition coefficient (Wildman–Crippen LogP) is 3.70. The number of hydrogen-bond donors (Lipinski definition) is 0. The van der Waals surface area contributed by atoms with E-state index in [2.05, 4.69) is 0 Å². The van der Waals surface area contributed by atoms with Gasteiger partial charge < -0.3 is 0 Å². The smallest absolute Gasteiger partial charge is 0.297 e. The molecule has 0 unspecified atom stereocenters. The molecule has 0 bridgehead atoms. The first-order valence-electron chi connectivity index (χ1n) is 7.17. The molecule has 0 rings (SSSR count). The highest BCUT2D eigenvalue weighted by Gasteiger charge is 2.39. The third-order valence-corrected chi connectivity index (χ3v) is 5.24. The molecule has 118 valence electrons. The SMILES string of the molecule is CCC(CC)(O[PH](=O)OC(CC)(CC)C(C)=O)C(C)=O. The van der Waals surface area contributed by atoms with E-state index in [1.807, 2.05) is 0 Å². The Labute approximate surface area is 122 Å². The Hall–Kier alpha value is -0.510. The average molecular weight is 306 g/mol. The summed E-state index contributed by atoms with van der Waals surface area (Å²) in [6, 6.07) is 0. The average Bonchev–Trinajstić information content (AvgIpc) is 2.41. The lowest BCUT2D eigenvalue weighted by atomic mass is 9.93. The summed E-state index contributed by atoms with van der Waals surface area (Å²) in [7, 11) is -2.93. The lowest BCUT2D eigenvalue weighted by molar-refractivity contribution is -0.137. The zero-order valence-corrected chi connectivity index (χ0v) is 14.4. The van der Waals surface area contributed by atoms with Gasteiger partial charge in [0.25, 0.3) is 0 Å². The number of carbonyl (C=O) groups excluding carboxylic acids is 2. The van der Waals surface area contributed by atoms with Crippen LogP contribution in [0.25, 0.3) is 0 Å². The first-order chi connectivity index (χ1) is 9.23. The summed E-state index contributed by atoms with van der Waals surface area (Å²) in [5, 5.41) is 0. The Morgan fingerprint density at radius 2 is 1.05 bits per heavy atom. The number of carbonyl (C=O) groups is 2. The summed E-state index contributed by atoms with van der Waals surface area (Å²) in [5.41, 5.74) is -2.17. The van der Waals surface area contributed by atoms with Gasteiger partial charge in [0.15, 0.2) is 11.6 Å². The molecule has 5 nitrogen and oxygen atoms in total.